The number of hydrogen-bond donors (Lipinski definition) is 0. The van der Waals surface area contributed by atoms with Gasteiger partial charge in [-0.05, 0) is 57.8 Å². The van der Waals surface area contributed by atoms with Crippen LogP contribution >= 0.6 is 11.3 Å². The largest absolute Gasteiger partial charge is 0.456 e. The molecular formula is C43H23N3OS. The Hall–Kier alpha value is -6.17. The first-order valence-corrected chi connectivity index (χ1v) is 16.8. The van der Waals surface area contributed by atoms with Gasteiger partial charge in [0.1, 0.15) is 11.2 Å². The zero-order valence-corrected chi connectivity index (χ0v) is 26.3. The van der Waals surface area contributed by atoms with Crippen LogP contribution in [0.1, 0.15) is 0 Å². The van der Waals surface area contributed by atoms with E-state index in [4.69, 9.17) is 19.4 Å². The molecule has 4 nitrogen and oxygen atoms in total. The van der Waals surface area contributed by atoms with Crippen molar-refractivity contribution >= 4 is 64.2 Å². The molecule has 7 aromatic carbocycles. The van der Waals surface area contributed by atoms with E-state index in [1.165, 1.54) is 53.2 Å². The third-order valence-corrected chi connectivity index (χ3v) is 10.9. The highest BCUT2D eigenvalue weighted by Gasteiger charge is 2.26. The van der Waals surface area contributed by atoms with Crippen molar-refractivity contribution in [3.63, 3.8) is 0 Å². The molecule has 0 N–H and O–H groups in total. The van der Waals surface area contributed by atoms with Crippen LogP contribution in [0.3, 0.4) is 0 Å². The Labute approximate surface area is 278 Å². The van der Waals surface area contributed by atoms with Gasteiger partial charge in [0.2, 0.25) is 0 Å². The Morgan fingerprint density at radius 3 is 2.06 bits per heavy atom. The molecule has 222 valence electrons. The Bertz CT molecular complexity index is 2950. The van der Waals surface area contributed by atoms with Gasteiger partial charge < -0.3 is 4.42 Å². The standard InChI is InChI=1S/C43H23N3OS/c1-2-9-25(10-3-1)41-44-42(26-19-22-35-33(23-26)27-13-4-5-17-34(27)47-35)46-43(45-41)32-16-8-18-36-38(32)31-21-20-29-28-14-6-11-24-12-7-15-30(37(24)28)39(29)40(31)48-36/h1-23H. The van der Waals surface area contributed by atoms with Gasteiger partial charge in [-0.15, -0.1) is 11.3 Å². The molecule has 0 radical (unpaired) electrons. The van der Waals surface area contributed by atoms with Crippen LogP contribution in [-0.4, -0.2) is 15.0 Å². The molecule has 10 aromatic rings. The van der Waals surface area contributed by atoms with Gasteiger partial charge in [0, 0.05) is 53.2 Å². The molecule has 5 heteroatoms. The number of benzene rings is 7. The average molecular weight is 630 g/mol. The molecular weight excluding hydrogens is 607 g/mol. The number of aromatic nitrogens is 3. The average Bonchev–Trinajstić information content (AvgIpc) is 3.82. The second kappa shape index (κ2) is 9.67. The summed E-state index contributed by atoms with van der Waals surface area (Å²) in [4.78, 5) is 15.4. The Balaban J connectivity index is 1.16. The van der Waals surface area contributed by atoms with Crippen molar-refractivity contribution in [3.05, 3.63) is 140 Å². The Kier molecular flexibility index (Phi) is 5.23. The quantitative estimate of drug-likeness (QED) is 0.195. The van der Waals surface area contributed by atoms with Crippen LogP contribution in [-0.2, 0) is 0 Å². The summed E-state index contributed by atoms with van der Waals surface area (Å²) in [6, 6.07) is 48.9. The maximum Gasteiger partial charge on any atom is 0.164 e. The molecule has 0 aliphatic heterocycles. The van der Waals surface area contributed by atoms with Gasteiger partial charge >= 0.3 is 0 Å². The first-order chi connectivity index (χ1) is 23.8. The van der Waals surface area contributed by atoms with Crippen LogP contribution in [0.4, 0.5) is 0 Å². The van der Waals surface area contributed by atoms with Gasteiger partial charge in [-0.3, -0.25) is 0 Å². The highest BCUT2D eigenvalue weighted by atomic mass is 32.1. The minimum Gasteiger partial charge on any atom is -0.456 e. The van der Waals surface area contributed by atoms with Crippen molar-refractivity contribution in [1.29, 1.82) is 0 Å². The van der Waals surface area contributed by atoms with E-state index < -0.39 is 0 Å². The number of fused-ring (bicyclic) bond motifs is 10. The van der Waals surface area contributed by atoms with Crippen LogP contribution in [0.25, 0.3) is 109 Å². The lowest BCUT2D eigenvalue weighted by Crippen LogP contribution is -2.00. The lowest BCUT2D eigenvalue weighted by atomic mass is 9.99. The maximum absolute atomic E-state index is 6.13. The molecule has 3 heterocycles. The highest BCUT2D eigenvalue weighted by molar-refractivity contribution is 7.26. The zero-order chi connectivity index (χ0) is 31.3. The first-order valence-electron chi connectivity index (χ1n) is 16.0. The van der Waals surface area contributed by atoms with Crippen molar-refractivity contribution in [3.8, 4) is 56.4 Å². The van der Waals surface area contributed by atoms with Crippen molar-refractivity contribution in [1.82, 2.24) is 15.0 Å². The van der Waals surface area contributed by atoms with Gasteiger partial charge in [0.25, 0.3) is 0 Å². The van der Waals surface area contributed by atoms with E-state index in [2.05, 4.69) is 91.0 Å². The number of nitrogens with zero attached hydrogens (tertiary/aromatic N) is 3. The molecule has 0 unspecified atom stereocenters. The fraction of sp³-hybridized carbons (Fsp3) is 0. The normalized spacial score (nSPS) is 12.2. The lowest BCUT2D eigenvalue weighted by Gasteiger charge is -2.10. The third-order valence-electron chi connectivity index (χ3n) is 9.67. The highest BCUT2D eigenvalue weighted by Crippen LogP contribution is 2.53. The smallest absolute Gasteiger partial charge is 0.164 e. The van der Waals surface area contributed by atoms with Crippen LogP contribution in [0.15, 0.2) is 144 Å². The van der Waals surface area contributed by atoms with Crippen molar-refractivity contribution < 1.29 is 4.42 Å². The van der Waals surface area contributed by atoms with Crippen LogP contribution in [0.2, 0.25) is 0 Å². The number of thiophene rings is 1. The van der Waals surface area contributed by atoms with Gasteiger partial charge in [-0.1, -0.05) is 109 Å². The molecule has 0 saturated carbocycles. The van der Waals surface area contributed by atoms with Gasteiger partial charge in [0.15, 0.2) is 17.5 Å². The van der Waals surface area contributed by atoms with Gasteiger partial charge in [-0.25, -0.2) is 15.0 Å². The second-order valence-electron chi connectivity index (χ2n) is 12.3. The molecule has 1 aliphatic carbocycles. The fourth-order valence-corrected chi connectivity index (χ4v) is 8.84. The van der Waals surface area contributed by atoms with Crippen molar-refractivity contribution in [2.75, 3.05) is 0 Å². The predicted octanol–water partition coefficient (Wildman–Crippen LogP) is 11.9. The van der Waals surface area contributed by atoms with E-state index in [0.29, 0.717) is 17.5 Å². The summed E-state index contributed by atoms with van der Waals surface area (Å²) >= 11 is 1.85. The minimum atomic E-state index is 0.630. The fourth-order valence-electron chi connectivity index (χ4n) is 7.55. The summed E-state index contributed by atoms with van der Waals surface area (Å²) in [6.45, 7) is 0. The molecule has 0 bridgehead atoms. The van der Waals surface area contributed by atoms with E-state index in [1.54, 1.807) is 0 Å². The second-order valence-corrected chi connectivity index (χ2v) is 13.4. The Morgan fingerprint density at radius 1 is 0.438 bits per heavy atom. The van der Waals surface area contributed by atoms with Gasteiger partial charge in [-0.2, -0.15) is 0 Å². The number of para-hydroxylation sites is 1. The first kappa shape index (κ1) is 26.0. The molecule has 1 aliphatic rings. The van der Waals surface area contributed by atoms with Crippen LogP contribution < -0.4 is 0 Å². The predicted molar refractivity (Wildman–Crippen MR) is 198 cm³/mol. The molecule has 0 saturated heterocycles. The molecule has 11 rings (SSSR count). The summed E-state index contributed by atoms with van der Waals surface area (Å²) < 4.78 is 8.64. The molecule has 48 heavy (non-hydrogen) atoms. The molecule has 0 atom stereocenters. The SMILES string of the molecule is c1ccc(-c2nc(-c3ccc4oc5ccccc5c4c3)nc(-c3cccc4sc5c6c(ccc5c34)-c3cccc4cccc-6c34)n2)cc1. The molecule has 0 amide bonds. The zero-order valence-electron chi connectivity index (χ0n) is 25.4. The lowest BCUT2D eigenvalue weighted by molar-refractivity contribution is 0.669. The van der Waals surface area contributed by atoms with Gasteiger partial charge in [0.05, 0.1) is 0 Å². The molecule has 0 spiro atoms. The topological polar surface area (TPSA) is 51.8 Å². The van der Waals surface area contributed by atoms with Crippen LogP contribution in [0, 0.1) is 0 Å². The summed E-state index contributed by atoms with van der Waals surface area (Å²) in [7, 11) is 0. The van der Waals surface area contributed by atoms with Crippen molar-refractivity contribution in [2.24, 2.45) is 0 Å². The summed E-state index contributed by atoms with van der Waals surface area (Å²) in [5.74, 6) is 1.94. The summed E-state index contributed by atoms with van der Waals surface area (Å²) in [5.41, 5.74) is 9.84. The third kappa shape index (κ3) is 3.62. The number of hydrogen-bond acceptors (Lipinski definition) is 5. The summed E-state index contributed by atoms with van der Waals surface area (Å²) in [6.07, 6.45) is 0. The summed E-state index contributed by atoms with van der Waals surface area (Å²) in [5, 5.41) is 7.15. The minimum absolute atomic E-state index is 0.630. The number of furan rings is 1. The van der Waals surface area contributed by atoms with E-state index in [-0.39, 0.29) is 0 Å². The van der Waals surface area contributed by atoms with E-state index in [0.717, 1.165) is 38.6 Å². The van der Waals surface area contributed by atoms with Crippen molar-refractivity contribution in [2.45, 2.75) is 0 Å². The maximum atomic E-state index is 6.13. The van der Waals surface area contributed by atoms with E-state index in [9.17, 15) is 0 Å². The Morgan fingerprint density at radius 2 is 1.17 bits per heavy atom. The van der Waals surface area contributed by atoms with E-state index >= 15 is 0 Å². The monoisotopic (exact) mass is 629 g/mol. The number of rotatable bonds is 3. The van der Waals surface area contributed by atoms with Crippen LogP contribution in [0.5, 0.6) is 0 Å². The molecule has 3 aromatic heterocycles. The molecule has 0 fully saturated rings. The van der Waals surface area contributed by atoms with E-state index in [1.807, 2.05) is 59.9 Å².